The minimum Gasteiger partial charge on any atom is -0.406 e. The number of nitrogens with zero attached hydrogens (tertiary/aromatic N) is 3. The number of aryl methyl sites for hydroxylation is 1. The van der Waals surface area contributed by atoms with Crippen molar-refractivity contribution >= 4 is 11.7 Å². The summed E-state index contributed by atoms with van der Waals surface area (Å²) in [6.45, 7) is 4.77. The van der Waals surface area contributed by atoms with Gasteiger partial charge < -0.3 is 15.4 Å². The average molecular weight is 538 g/mol. The Morgan fingerprint density at radius 2 is 1.69 bits per heavy atom. The van der Waals surface area contributed by atoms with Gasteiger partial charge in [-0.05, 0) is 66.6 Å². The molecule has 1 aromatic heterocycles. The van der Waals surface area contributed by atoms with Crippen LogP contribution in [0.25, 0.3) is 17.1 Å². The molecule has 0 bridgehead atoms. The van der Waals surface area contributed by atoms with Crippen LogP contribution in [0.2, 0.25) is 0 Å². The van der Waals surface area contributed by atoms with E-state index in [0.717, 1.165) is 41.6 Å². The Morgan fingerprint density at radius 1 is 0.974 bits per heavy atom. The molecule has 0 aliphatic carbocycles. The summed E-state index contributed by atoms with van der Waals surface area (Å²) < 4.78 is 42.4. The van der Waals surface area contributed by atoms with E-state index in [1.807, 2.05) is 48.5 Å². The fourth-order valence-corrected chi connectivity index (χ4v) is 4.08. The van der Waals surface area contributed by atoms with Crippen LogP contribution in [-0.4, -0.2) is 33.7 Å². The number of hydrogen-bond acceptors (Lipinski definition) is 4. The Kier molecular flexibility index (Phi) is 8.85. The number of nitrogens with one attached hydrogen (secondary N) is 2. The number of anilines is 1. The summed E-state index contributed by atoms with van der Waals surface area (Å²) in [5.41, 5.74) is 4.49. The van der Waals surface area contributed by atoms with Crippen LogP contribution in [0.5, 0.6) is 5.75 Å². The van der Waals surface area contributed by atoms with Gasteiger partial charge in [-0.25, -0.2) is 14.5 Å². The van der Waals surface area contributed by atoms with E-state index in [1.165, 1.54) is 35.3 Å². The highest BCUT2D eigenvalue weighted by Crippen LogP contribution is 2.25. The molecule has 7 nitrogen and oxygen atoms in total. The number of carbonyl (C=O) groups is 1. The summed E-state index contributed by atoms with van der Waals surface area (Å²) in [5, 5.41) is 10.3. The number of aromatic nitrogens is 3. The molecule has 1 heterocycles. The third kappa shape index (κ3) is 8.07. The molecule has 39 heavy (non-hydrogen) atoms. The van der Waals surface area contributed by atoms with Gasteiger partial charge in [0.15, 0.2) is 5.82 Å². The van der Waals surface area contributed by atoms with Crippen LogP contribution in [0.1, 0.15) is 43.7 Å². The minimum atomic E-state index is -4.73. The van der Waals surface area contributed by atoms with Crippen LogP contribution in [0.15, 0.2) is 79.1 Å². The minimum absolute atomic E-state index is 0.204. The van der Waals surface area contributed by atoms with Gasteiger partial charge in [0.25, 0.3) is 0 Å². The van der Waals surface area contributed by atoms with Crippen molar-refractivity contribution in [1.82, 2.24) is 20.1 Å². The van der Waals surface area contributed by atoms with Gasteiger partial charge in [-0.3, -0.25) is 0 Å². The van der Waals surface area contributed by atoms with Gasteiger partial charge in [-0.15, -0.1) is 18.3 Å². The highest BCUT2D eigenvalue weighted by Gasteiger charge is 2.31. The van der Waals surface area contributed by atoms with E-state index in [1.54, 1.807) is 0 Å². The molecule has 3 aromatic carbocycles. The number of halogens is 3. The summed E-state index contributed by atoms with van der Waals surface area (Å²) in [7, 11) is 0. The van der Waals surface area contributed by atoms with Crippen LogP contribution >= 0.6 is 0 Å². The van der Waals surface area contributed by atoms with Crippen LogP contribution < -0.4 is 15.4 Å². The average Bonchev–Trinajstić information content (AvgIpc) is 3.39. The summed E-state index contributed by atoms with van der Waals surface area (Å²) in [5.74, 6) is 0.530. The van der Waals surface area contributed by atoms with Gasteiger partial charge in [-0.1, -0.05) is 56.3 Å². The van der Waals surface area contributed by atoms with Crippen molar-refractivity contribution in [3.63, 3.8) is 0 Å². The number of para-hydroxylation sites is 1. The zero-order valence-corrected chi connectivity index (χ0v) is 21.7. The fourth-order valence-electron chi connectivity index (χ4n) is 4.08. The maximum atomic E-state index is 12.3. The topological polar surface area (TPSA) is 81.1 Å². The lowest BCUT2D eigenvalue weighted by Gasteiger charge is -2.14. The third-order valence-electron chi connectivity index (χ3n) is 6.05. The lowest BCUT2D eigenvalue weighted by molar-refractivity contribution is -0.274. The largest absolute Gasteiger partial charge is 0.573 e. The molecule has 10 heteroatoms. The molecule has 204 valence electrons. The van der Waals surface area contributed by atoms with E-state index in [0.29, 0.717) is 24.0 Å². The normalized spacial score (nSPS) is 11.4. The van der Waals surface area contributed by atoms with Gasteiger partial charge in [0.05, 0.1) is 5.69 Å². The SMILES string of the molecule is CC(C)c1ccccc1NC(=O)NCCCCc1ccc(-c2ncn(-c3ccc(OC(F)(F)F)cc3)n2)cc1. The number of amides is 2. The second-order valence-corrected chi connectivity index (χ2v) is 9.33. The lowest BCUT2D eigenvalue weighted by atomic mass is 10.0. The van der Waals surface area contributed by atoms with Gasteiger partial charge in [0.1, 0.15) is 12.1 Å². The maximum Gasteiger partial charge on any atom is 0.573 e. The maximum absolute atomic E-state index is 12.3. The molecule has 0 atom stereocenters. The molecule has 0 fully saturated rings. The number of unbranched alkanes of at least 4 members (excludes halogenated alkanes) is 1. The van der Waals surface area contributed by atoms with Crippen molar-refractivity contribution in [2.24, 2.45) is 0 Å². The van der Waals surface area contributed by atoms with Gasteiger partial charge in [0.2, 0.25) is 0 Å². The molecule has 0 spiro atoms. The van der Waals surface area contributed by atoms with E-state index < -0.39 is 6.36 Å². The fraction of sp³-hybridized carbons (Fsp3) is 0.276. The number of carbonyl (C=O) groups excluding carboxylic acids is 1. The molecule has 0 aliphatic rings. The zero-order valence-electron chi connectivity index (χ0n) is 21.7. The number of rotatable bonds is 10. The molecule has 0 saturated heterocycles. The van der Waals surface area contributed by atoms with Crippen molar-refractivity contribution in [1.29, 1.82) is 0 Å². The summed E-state index contributed by atoms with van der Waals surface area (Å²) in [6, 6.07) is 20.9. The van der Waals surface area contributed by atoms with Gasteiger partial charge >= 0.3 is 12.4 Å². The van der Waals surface area contributed by atoms with Crippen LogP contribution in [0, 0.1) is 0 Å². The smallest absolute Gasteiger partial charge is 0.406 e. The highest BCUT2D eigenvalue weighted by molar-refractivity contribution is 5.90. The van der Waals surface area contributed by atoms with E-state index in [-0.39, 0.29) is 11.8 Å². The van der Waals surface area contributed by atoms with Gasteiger partial charge in [0, 0.05) is 17.8 Å². The first-order chi connectivity index (χ1) is 18.7. The molecule has 0 saturated carbocycles. The van der Waals surface area contributed by atoms with Crippen LogP contribution in [0.4, 0.5) is 23.7 Å². The van der Waals surface area contributed by atoms with Crippen molar-refractivity contribution < 1.29 is 22.7 Å². The highest BCUT2D eigenvalue weighted by atomic mass is 19.4. The Morgan fingerprint density at radius 3 is 2.38 bits per heavy atom. The number of benzene rings is 3. The number of ether oxygens (including phenoxy) is 1. The molecule has 0 aliphatic heterocycles. The van der Waals surface area contributed by atoms with Crippen molar-refractivity contribution in [2.75, 3.05) is 11.9 Å². The molecule has 0 unspecified atom stereocenters. The summed E-state index contributed by atoms with van der Waals surface area (Å²) in [6.07, 6.45) is -0.591. The van der Waals surface area contributed by atoms with E-state index >= 15 is 0 Å². The van der Waals surface area contributed by atoms with Crippen molar-refractivity contribution in [3.05, 3.63) is 90.3 Å². The Balaban J connectivity index is 1.22. The first kappa shape index (κ1) is 27.7. The summed E-state index contributed by atoms with van der Waals surface area (Å²) >= 11 is 0. The van der Waals surface area contributed by atoms with Crippen molar-refractivity contribution in [2.45, 2.75) is 45.4 Å². The lowest BCUT2D eigenvalue weighted by Crippen LogP contribution is -2.30. The second kappa shape index (κ2) is 12.5. The third-order valence-corrected chi connectivity index (χ3v) is 6.05. The second-order valence-electron chi connectivity index (χ2n) is 9.33. The van der Waals surface area contributed by atoms with Crippen LogP contribution in [0.3, 0.4) is 0 Å². The molecule has 2 amide bonds. The number of urea groups is 1. The number of alkyl halides is 3. The predicted octanol–water partition coefficient (Wildman–Crippen LogP) is 7.10. The predicted molar refractivity (Wildman–Crippen MR) is 144 cm³/mol. The molecule has 4 rings (SSSR count). The Bertz CT molecular complexity index is 1370. The molecular weight excluding hydrogens is 507 g/mol. The molecular formula is C29H30F3N5O2. The standard InChI is InChI=1S/C29H30F3N5O2/c1-20(2)25-8-3-4-9-26(25)35-28(38)33-18-6-5-7-21-10-12-22(13-11-21)27-34-19-37(36-27)23-14-16-24(17-15-23)39-29(30,31)32/h3-4,8-17,19-20H,5-7,18H2,1-2H3,(H2,33,35,38). The molecule has 4 aromatic rings. The monoisotopic (exact) mass is 537 g/mol. The molecule has 0 radical (unpaired) electrons. The first-order valence-electron chi connectivity index (χ1n) is 12.7. The van der Waals surface area contributed by atoms with Crippen LogP contribution in [-0.2, 0) is 6.42 Å². The van der Waals surface area contributed by atoms with E-state index in [9.17, 15) is 18.0 Å². The quantitative estimate of drug-likeness (QED) is 0.212. The Hall–Kier alpha value is -4.34. The van der Waals surface area contributed by atoms with Gasteiger partial charge in [-0.2, -0.15) is 0 Å². The Labute approximate surface area is 225 Å². The first-order valence-corrected chi connectivity index (χ1v) is 12.7. The van der Waals surface area contributed by atoms with E-state index in [2.05, 4.69) is 39.3 Å². The summed E-state index contributed by atoms with van der Waals surface area (Å²) in [4.78, 5) is 16.6. The van der Waals surface area contributed by atoms with Crippen molar-refractivity contribution in [3.8, 4) is 22.8 Å². The van der Waals surface area contributed by atoms with E-state index in [4.69, 9.17) is 0 Å². The molecule has 2 N–H and O–H groups in total. The number of hydrogen-bond donors (Lipinski definition) is 2. The zero-order chi connectivity index (χ0) is 27.8.